The van der Waals surface area contributed by atoms with Crippen molar-refractivity contribution in [2.75, 3.05) is 0 Å². The van der Waals surface area contributed by atoms with E-state index in [-0.39, 0.29) is 11.5 Å². The average molecular weight is 205 g/mol. The second-order valence-corrected chi connectivity index (χ2v) is 3.34. The van der Waals surface area contributed by atoms with Gasteiger partial charge < -0.3 is 5.11 Å². The lowest BCUT2D eigenvalue weighted by Gasteiger charge is -1.98. The van der Waals surface area contributed by atoms with E-state index < -0.39 is 0 Å². The first-order valence-corrected chi connectivity index (χ1v) is 5.08. The summed E-state index contributed by atoms with van der Waals surface area (Å²) in [5, 5.41) is 9.59. The molecule has 3 nitrogen and oxygen atoms in total. The molecule has 0 saturated heterocycles. The van der Waals surface area contributed by atoms with Crippen LogP contribution in [0.1, 0.15) is 31.7 Å². The van der Waals surface area contributed by atoms with Crippen molar-refractivity contribution in [3.63, 3.8) is 0 Å². The third-order valence-corrected chi connectivity index (χ3v) is 2.03. The Balaban J connectivity index is 2.64. The lowest BCUT2D eigenvalue weighted by atomic mass is 10.1. The predicted octanol–water partition coefficient (Wildman–Crippen LogP) is 2.74. The minimum atomic E-state index is -0.0433. The molecule has 0 amide bonds. The maximum Gasteiger partial charge on any atom is 0.159 e. The molecular weight excluding hydrogens is 190 g/mol. The number of carbonyl (C=O) groups excluding carboxylic acids is 1. The number of aromatic nitrogens is 1. The maximum atomic E-state index is 11.3. The van der Waals surface area contributed by atoms with Gasteiger partial charge in [0.15, 0.2) is 5.78 Å². The van der Waals surface area contributed by atoms with Gasteiger partial charge in [0.05, 0.1) is 0 Å². The zero-order valence-electron chi connectivity index (χ0n) is 8.81. The number of aliphatic hydroxyl groups is 1. The van der Waals surface area contributed by atoms with E-state index in [1.54, 1.807) is 18.3 Å². The van der Waals surface area contributed by atoms with Gasteiger partial charge in [0.2, 0.25) is 0 Å². The van der Waals surface area contributed by atoms with Crippen LogP contribution in [0.25, 0.3) is 5.76 Å². The Labute approximate surface area is 89.5 Å². The molecule has 3 heteroatoms. The third kappa shape index (κ3) is 3.94. The Morgan fingerprint density at radius 1 is 1.60 bits per heavy atom. The number of ketones is 1. The molecule has 0 aromatic carbocycles. The summed E-state index contributed by atoms with van der Waals surface area (Å²) in [4.78, 5) is 15.2. The highest BCUT2D eigenvalue weighted by molar-refractivity contribution is 5.95. The normalized spacial score (nSPS) is 11.4. The Kier molecular flexibility index (Phi) is 4.54. The number of hydrogen-bond acceptors (Lipinski definition) is 3. The summed E-state index contributed by atoms with van der Waals surface area (Å²) in [5.74, 6) is -0.0533. The van der Waals surface area contributed by atoms with Crippen LogP contribution in [0.15, 0.2) is 30.6 Å². The lowest BCUT2D eigenvalue weighted by molar-refractivity contribution is -0.114. The topological polar surface area (TPSA) is 50.2 Å². The van der Waals surface area contributed by atoms with Gasteiger partial charge in [-0.2, -0.15) is 0 Å². The minimum absolute atomic E-state index is 0.01000. The SMILES string of the molecule is CCCCC(=O)/C=C(\O)c1cccnc1. The van der Waals surface area contributed by atoms with Gasteiger partial charge >= 0.3 is 0 Å². The first-order chi connectivity index (χ1) is 7.24. The van der Waals surface area contributed by atoms with E-state index >= 15 is 0 Å². The van der Waals surface area contributed by atoms with Crippen LogP contribution in [0.3, 0.4) is 0 Å². The number of unbranched alkanes of at least 4 members (excludes halogenated alkanes) is 1. The quantitative estimate of drug-likeness (QED) is 0.594. The highest BCUT2D eigenvalue weighted by atomic mass is 16.3. The monoisotopic (exact) mass is 205 g/mol. The zero-order chi connectivity index (χ0) is 11.1. The molecule has 0 aliphatic rings. The van der Waals surface area contributed by atoms with Gasteiger partial charge in [-0.05, 0) is 18.6 Å². The van der Waals surface area contributed by atoms with Gasteiger partial charge in [-0.3, -0.25) is 9.78 Å². The summed E-state index contributed by atoms with van der Waals surface area (Å²) in [5.41, 5.74) is 0.572. The number of allylic oxidation sites excluding steroid dienone is 1. The smallest absolute Gasteiger partial charge is 0.159 e. The largest absolute Gasteiger partial charge is 0.507 e. The molecule has 15 heavy (non-hydrogen) atoms. The standard InChI is InChI=1S/C12H15NO2/c1-2-3-6-11(14)8-12(15)10-5-4-7-13-9-10/h4-5,7-9,15H,2-3,6H2,1H3/b12-8-. The van der Waals surface area contributed by atoms with Gasteiger partial charge in [-0.25, -0.2) is 0 Å². The Hall–Kier alpha value is -1.64. The fourth-order valence-electron chi connectivity index (χ4n) is 1.17. The summed E-state index contributed by atoms with van der Waals surface area (Å²) in [7, 11) is 0. The molecule has 80 valence electrons. The van der Waals surface area contributed by atoms with Crippen LogP contribution < -0.4 is 0 Å². The van der Waals surface area contributed by atoms with E-state index in [0.29, 0.717) is 12.0 Å². The average Bonchev–Trinajstić information content (AvgIpc) is 2.27. The Bertz CT molecular complexity index is 344. The van der Waals surface area contributed by atoms with Crippen molar-refractivity contribution in [2.45, 2.75) is 26.2 Å². The van der Waals surface area contributed by atoms with Gasteiger partial charge in [0, 0.05) is 30.5 Å². The lowest BCUT2D eigenvalue weighted by Crippen LogP contribution is -1.95. The van der Waals surface area contributed by atoms with E-state index in [1.165, 1.54) is 12.3 Å². The molecule has 1 N–H and O–H groups in total. The van der Waals surface area contributed by atoms with Crippen molar-refractivity contribution < 1.29 is 9.90 Å². The predicted molar refractivity (Wildman–Crippen MR) is 59.4 cm³/mol. The first-order valence-electron chi connectivity index (χ1n) is 5.08. The van der Waals surface area contributed by atoms with Crippen molar-refractivity contribution in [3.05, 3.63) is 36.2 Å². The zero-order valence-corrected chi connectivity index (χ0v) is 8.81. The summed E-state index contributed by atoms with van der Waals surface area (Å²) < 4.78 is 0. The van der Waals surface area contributed by atoms with Gasteiger partial charge in [0.25, 0.3) is 0 Å². The number of pyridine rings is 1. The summed E-state index contributed by atoms with van der Waals surface area (Å²) in [6.45, 7) is 2.03. The first kappa shape index (κ1) is 11.4. The van der Waals surface area contributed by atoms with E-state index in [2.05, 4.69) is 4.98 Å². The van der Waals surface area contributed by atoms with Crippen molar-refractivity contribution >= 4 is 11.5 Å². The summed E-state index contributed by atoms with van der Waals surface area (Å²) >= 11 is 0. The highest BCUT2D eigenvalue weighted by Crippen LogP contribution is 2.09. The fraction of sp³-hybridized carbons (Fsp3) is 0.333. The summed E-state index contributed by atoms with van der Waals surface area (Å²) in [6, 6.07) is 3.43. The number of aliphatic hydroxyl groups excluding tert-OH is 1. The second-order valence-electron chi connectivity index (χ2n) is 3.34. The molecule has 0 unspecified atom stereocenters. The molecule has 0 aliphatic heterocycles. The number of hydrogen-bond donors (Lipinski definition) is 1. The van der Waals surface area contributed by atoms with Crippen LogP contribution in [0.4, 0.5) is 0 Å². The van der Waals surface area contributed by atoms with Crippen LogP contribution in [0.5, 0.6) is 0 Å². The molecule has 0 fully saturated rings. The van der Waals surface area contributed by atoms with Crippen molar-refractivity contribution in [3.8, 4) is 0 Å². The van der Waals surface area contributed by atoms with Gasteiger partial charge in [-0.1, -0.05) is 13.3 Å². The molecule has 1 aromatic heterocycles. The molecule has 0 spiro atoms. The number of carbonyl (C=O) groups is 1. The molecule has 0 saturated carbocycles. The minimum Gasteiger partial charge on any atom is -0.507 e. The molecule has 1 heterocycles. The molecule has 0 bridgehead atoms. The van der Waals surface area contributed by atoms with Crippen molar-refractivity contribution in [2.24, 2.45) is 0 Å². The van der Waals surface area contributed by atoms with Crippen LogP contribution in [-0.2, 0) is 4.79 Å². The molecule has 0 aliphatic carbocycles. The molecule has 1 aromatic rings. The third-order valence-electron chi connectivity index (χ3n) is 2.03. The summed E-state index contributed by atoms with van der Waals surface area (Å²) in [6.07, 6.45) is 6.74. The van der Waals surface area contributed by atoms with E-state index in [0.717, 1.165) is 12.8 Å². The van der Waals surface area contributed by atoms with E-state index in [4.69, 9.17) is 0 Å². The number of nitrogens with zero attached hydrogens (tertiary/aromatic N) is 1. The number of rotatable bonds is 5. The molecule has 0 atom stereocenters. The maximum absolute atomic E-state index is 11.3. The van der Waals surface area contributed by atoms with Crippen LogP contribution >= 0.6 is 0 Å². The highest BCUT2D eigenvalue weighted by Gasteiger charge is 2.02. The van der Waals surface area contributed by atoms with Crippen molar-refractivity contribution in [1.82, 2.24) is 4.98 Å². The van der Waals surface area contributed by atoms with E-state index in [9.17, 15) is 9.90 Å². The van der Waals surface area contributed by atoms with Crippen LogP contribution in [0.2, 0.25) is 0 Å². The van der Waals surface area contributed by atoms with Gasteiger partial charge in [-0.15, -0.1) is 0 Å². The van der Waals surface area contributed by atoms with Crippen LogP contribution in [0, 0.1) is 0 Å². The van der Waals surface area contributed by atoms with E-state index in [1.807, 2.05) is 6.92 Å². The Morgan fingerprint density at radius 2 is 2.40 bits per heavy atom. The second kappa shape index (κ2) is 5.96. The van der Waals surface area contributed by atoms with Gasteiger partial charge in [0.1, 0.15) is 5.76 Å². The molecule has 1 rings (SSSR count). The molecular formula is C12H15NO2. The van der Waals surface area contributed by atoms with Crippen LogP contribution in [-0.4, -0.2) is 15.9 Å². The fourth-order valence-corrected chi connectivity index (χ4v) is 1.17. The van der Waals surface area contributed by atoms with Crippen molar-refractivity contribution in [1.29, 1.82) is 0 Å². The Morgan fingerprint density at radius 3 is 3.00 bits per heavy atom. The molecule has 0 radical (unpaired) electrons.